The van der Waals surface area contributed by atoms with Gasteiger partial charge in [-0.15, -0.1) is 0 Å². The van der Waals surface area contributed by atoms with E-state index in [1.165, 1.54) is 18.4 Å². The van der Waals surface area contributed by atoms with E-state index in [1.54, 1.807) is 29.7 Å². The van der Waals surface area contributed by atoms with Crippen LogP contribution in [-0.4, -0.2) is 36.1 Å². The number of fused-ring (bicyclic) bond motifs is 1. The largest absolute Gasteiger partial charge is 0.465 e. The third-order valence-electron chi connectivity index (χ3n) is 4.39. The van der Waals surface area contributed by atoms with E-state index in [0.717, 1.165) is 11.1 Å². The van der Waals surface area contributed by atoms with Gasteiger partial charge in [0, 0.05) is 0 Å². The molecular weight excluding hydrogens is 404 g/mol. The number of carbonyl (C=O) groups excluding carboxylic acids is 3. The normalized spacial score (nSPS) is 11.5. The van der Waals surface area contributed by atoms with Crippen molar-refractivity contribution in [3.05, 3.63) is 64.0 Å². The summed E-state index contributed by atoms with van der Waals surface area (Å²) in [5.41, 5.74) is 3.04. The molecule has 0 N–H and O–H groups in total. The molecule has 0 saturated heterocycles. The van der Waals surface area contributed by atoms with Crippen molar-refractivity contribution in [3.8, 4) is 0 Å². The molecule has 1 heterocycles. The highest BCUT2D eigenvalue weighted by Crippen LogP contribution is 2.20. The Kier molecular flexibility index (Phi) is 6.79. The number of nitrogens with zero attached hydrogens (tertiary/aromatic N) is 2. The van der Waals surface area contributed by atoms with E-state index < -0.39 is 11.9 Å². The maximum absolute atomic E-state index is 12.6. The Morgan fingerprint density at radius 3 is 2.50 bits per heavy atom. The zero-order chi connectivity index (χ0) is 21.7. The highest BCUT2D eigenvalue weighted by Gasteiger charge is 2.15. The van der Waals surface area contributed by atoms with Crippen molar-refractivity contribution >= 4 is 39.4 Å². The Morgan fingerprint density at radius 2 is 1.83 bits per heavy atom. The Morgan fingerprint density at radius 1 is 1.10 bits per heavy atom. The standard InChI is InChI=1S/C22H22N2O5S/c1-4-29-20(26)13-24-17-10-9-16(21(27)28-3)12-18(17)30-22(24)23-19(25)11-15-7-5-14(2)6-8-15/h5-10,12H,4,11,13H2,1-3H3. The first kappa shape index (κ1) is 21.4. The monoisotopic (exact) mass is 426 g/mol. The van der Waals surface area contributed by atoms with E-state index in [1.807, 2.05) is 31.2 Å². The maximum atomic E-state index is 12.6. The van der Waals surface area contributed by atoms with Gasteiger partial charge in [-0.2, -0.15) is 4.99 Å². The summed E-state index contributed by atoms with van der Waals surface area (Å²) in [5.74, 6) is -1.21. The SMILES string of the molecule is CCOC(=O)Cn1c(=NC(=O)Cc2ccc(C)cc2)sc2cc(C(=O)OC)ccc21. The fourth-order valence-corrected chi connectivity index (χ4v) is 4.00. The van der Waals surface area contributed by atoms with Crippen LogP contribution in [0.1, 0.15) is 28.4 Å². The van der Waals surface area contributed by atoms with Gasteiger partial charge in [0.1, 0.15) is 6.54 Å². The van der Waals surface area contributed by atoms with Crippen LogP contribution in [0.3, 0.4) is 0 Å². The highest BCUT2D eigenvalue weighted by molar-refractivity contribution is 7.16. The molecule has 1 aromatic heterocycles. The summed E-state index contributed by atoms with van der Waals surface area (Å²) >= 11 is 1.23. The van der Waals surface area contributed by atoms with Crippen molar-refractivity contribution in [1.82, 2.24) is 4.57 Å². The van der Waals surface area contributed by atoms with Gasteiger partial charge in [-0.1, -0.05) is 41.2 Å². The van der Waals surface area contributed by atoms with Gasteiger partial charge in [-0.05, 0) is 37.6 Å². The smallest absolute Gasteiger partial charge is 0.337 e. The molecule has 0 atom stereocenters. The van der Waals surface area contributed by atoms with Crippen LogP contribution < -0.4 is 4.80 Å². The van der Waals surface area contributed by atoms with Gasteiger partial charge in [-0.3, -0.25) is 9.59 Å². The Bertz CT molecular complexity index is 1160. The first-order valence-electron chi connectivity index (χ1n) is 9.41. The summed E-state index contributed by atoms with van der Waals surface area (Å²) in [6, 6.07) is 12.7. The summed E-state index contributed by atoms with van der Waals surface area (Å²) in [5, 5.41) is 0. The van der Waals surface area contributed by atoms with E-state index in [9.17, 15) is 14.4 Å². The molecule has 30 heavy (non-hydrogen) atoms. The highest BCUT2D eigenvalue weighted by atomic mass is 32.1. The minimum Gasteiger partial charge on any atom is -0.465 e. The molecule has 2 aromatic carbocycles. The third kappa shape index (κ3) is 5.01. The van der Waals surface area contributed by atoms with Crippen molar-refractivity contribution in [2.45, 2.75) is 26.8 Å². The summed E-state index contributed by atoms with van der Waals surface area (Å²) in [7, 11) is 1.31. The lowest BCUT2D eigenvalue weighted by Crippen LogP contribution is -2.23. The number of aryl methyl sites for hydroxylation is 1. The zero-order valence-corrected chi connectivity index (χ0v) is 17.8. The first-order chi connectivity index (χ1) is 14.4. The van der Waals surface area contributed by atoms with E-state index in [4.69, 9.17) is 9.47 Å². The number of thiazole rings is 1. The van der Waals surface area contributed by atoms with Crippen molar-refractivity contribution in [2.24, 2.45) is 4.99 Å². The Balaban J connectivity index is 2.02. The molecule has 0 radical (unpaired) electrons. The lowest BCUT2D eigenvalue weighted by Gasteiger charge is -2.05. The van der Waals surface area contributed by atoms with E-state index in [2.05, 4.69) is 4.99 Å². The molecule has 3 aromatic rings. The number of benzene rings is 2. The third-order valence-corrected chi connectivity index (χ3v) is 5.43. The Labute approximate surface area is 177 Å². The molecule has 1 amide bonds. The molecule has 0 aliphatic heterocycles. The molecule has 3 rings (SSSR count). The number of amides is 1. The van der Waals surface area contributed by atoms with E-state index in [-0.39, 0.29) is 25.5 Å². The van der Waals surface area contributed by atoms with Crippen LogP contribution in [0.2, 0.25) is 0 Å². The minimum absolute atomic E-state index is 0.0813. The molecule has 0 saturated carbocycles. The van der Waals surface area contributed by atoms with Crippen LogP contribution in [0.4, 0.5) is 0 Å². The van der Waals surface area contributed by atoms with Gasteiger partial charge < -0.3 is 14.0 Å². The molecule has 0 bridgehead atoms. The number of carbonyl (C=O) groups is 3. The number of hydrogen-bond donors (Lipinski definition) is 0. The molecule has 0 aliphatic rings. The van der Waals surface area contributed by atoms with Gasteiger partial charge >= 0.3 is 11.9 Å². The van der Waals surface area contributed by atoms with Gasteiger partial charge in [0.2, 0.25) is 0 Å². The van der Waals surface area contributed by atoms with Gasteiger partial charge in [0.25, 0.3) is 5.91 Å². The molecule has 156 valence electrons. The van der Waals surface area contributed by atoms with Gasteiger partial charge in [0.05, 0.1) is 35.9 Å². The Hall–Kier alpha value is -3.26. The van der Waals surface area contributed by atoms with Gasteiger partial charge in [0.15, 0.2) is 4.80 Å². The number of methoxy groups -OCH3 is 1. The lowest BCUT2D eigenvalue weighted by atomic mass is 10.1. The molecule has 0 unspecified atom stereocenters. The summed E-state index contributed by atoms with van der Waals surface area (Å²) in [6.45, 7) is 3.89. The number of esters is 2. The van der Waals surface area contributed by atoms with Crippen molar-refractivity contribution < 1.29 is 23.9 Å². The van der Waals surface area contributed by atoms with Crippen LogP contribution in [-0.2, 0) is 32.0 Å². The van der Waals surface area contributed by atoms with Crippen molar-refractivity contribution in [1.29, 1.82) is 0 Å². The first-order valence-corrected chi connectivity index (χ1v) is 10.2. The topological polar surface area (TPSA) is 87.0 Å². The van der Waals surface area contributed by atoms with Crippen LogP contribution in [0.15, 0.2) is 47.5 Å². The number of rotatable bonds is 6. The summed E-state index contributed by atoms with van der Waals surface area (Å²) in [6.07, 6.45) is 0.154. The zero-order valence-electron chi connectivity index (χ0n) is 17.0. The molecule has 0 spiro atoms. The number of aromatic nitrogens is 1. The molecule has 8 heteroatoms. The van der Waals surface area contributed by atoms with Crippen LogP contribution >= 0.6 is 11.3 Å². The molecular formula is C22H22N2O5S. The minimum atomic E-state index is -0.462. The van der Waals surface area contributed by atoms with Crippen molar-refractivity contribution in [2.75, 3.05) is 13.7 Å². The molecule has 7 nitrogen and oxygen atoms in total. The fourth-order valence-electron chi connectivity index (χ4n) is 2.92. The lowest BCUT2D eigenvalue weighted by molar-refractivity contribution is -0.143. The predicted octanol–water partition coefficient (Wildman–Crippen LogP) is 3.03. The van der Waals surface area contributed by atoms with E-state index >= 15 is 0 Å². The average molecular weight is 426 g/mol. The average Bonchev–Trinajstić information content (AvgIpc) is 3.05. The van der Waals surface area contributed by atoms with Crippen LogP contribution in [0.5, 0.6) is 0 Å². The van der Waals surface area contributed by atoms with Crippen LogP contribution in [0.25, 0.3) is 10.2 Å². The van der Waals surface area contributed by atoms with Crippen LogP contribution in [0, 0.1) is 6.92 Å². The second-order valence-corrected chi connectivity index (χ2v) is 7.63. The van der Waals surface area contributed by atoms with Crippen molar-refractivity contribution in [3.63, 3.8) is 0 Å². The summed E-state index contributed by atoms with van der Waals surface area (Å²) < 4.78 is 12.2. The summed E-state index contributed by atoms with van der Waals surface area (Å²) in [4.78, 5) is 41.1. The number of hydrogen-bond acceptors (Lipinski definition) is 6. The maximum Gasteiger partial charge on any atom is 0.337 e. The second-order valence-electron chi connectivity index (χ2n) is 6.62. The van der Waals surface area contributed by atoms with Gasteiger partial charge in [-0.25, -0.2) is 4.79 Å². The quantitative estimate of drug-likeness (QED) is 0.566. The molecule has 0 aliphatic carbocycles. The fraction of sp³-hybridized carbons (Fsp3) is 0.273. The second kappa shape index (κ2) is 9.49. The molecule has 0 fully saturated rings. The number of ether oxygens (including phenoxy) is 2. The predicted molar refractivity (Wildman–Crippen MR) is 113 cm³/mol. The van der Waals surface area contributed by atoms with E-state index in [0.29, 0.717) is 20.6 Å².